The monoisotopic (exact) mass is 413 g/mol. The number of carbonyl (C=O) groups is 2. The number of esters is 1. The summed E-state index contributed by atoms with van der Waals surface area (Å²) in [5, 5.41) is 5.47. The number of nitrogens with zero attached hydrogens (tertiary/aromatic N) is 1. The second kappa shape index (κ2) is 9.85. The average Bonchev–Trinajstić information content (AvgIpc) is 2.60. The Kier molecular flexibility index (Phi) is 7.80. The van der Waals surface area contributed by atoms with Gasteiger partial charge in [0.25, 0.3) is 0 Å². The third-order valence-corrected chi connectivity index (χ3v) is 4.59. The van der Waals surface area contributed by atoms with Crippen molar-refractivity contribution in [2.24, 2.45) is 0 Å². The summed E-state index contributed by atoms with van der Waals surface area (Å²) < 4.78 is 5.19. The van der Waals surface area contributed by atoms with Gasteiger partial charge in [0.15, 0.2) is 0 Å². The zero-order valence-electron chi connectivity index (χ0n) is 15.8. The molecule has 0 saturated carbocycles. The predicted molar refractivity (Wildman–Crippen MR) is 109 cm³/mol. The fraction of sp³-hybridized carbons (Fsp3) is 0.474. The van der Waals surface area contributed by atoms with E-state index in [0.29, 0.717) is 36.1 Å². The Labute approximate surface area is 169 Å². The maximum atomic E-state index is 12.5. The molecule has 1 aromatic rings. The van der Waals surface area contributed by atoms with Crippen LogP contribution in [0.3, 0.4) is 0 Å². The molecule has 8 heteroatoms. The Morgan fingerprint density at radius 2 is 1.85 bits per heavy atom. The summed E-state index contributed by atoms with van der Waals surface area (Å²) in [6, 6.07) is 4.99. The second-order valence-electron chi connectivity index (χ2n) is 6.26. The van der Waals surface area contributed by atoms with Crippen LogP contribution in [0.15, 0.2) is 29.5 Å². The van der Waals surface area contributed by atoms with Crippen molar-refractivity contribution >= 4 is 40.9 Å². The lowest BCUT2D eigenvalue weighted by Gasteiger charge is -2.30. The molecule has 0 fully saturated rings. The van der Waals surface area contributed by atoms with Crippen molar-refractivity contribution in [1.29, 1.82) is 0 Å². The van der Waals surface area contributed by atoms with E-state index >= 15 is 0 Å². The standard InChI is InChI=1S/C19H25Cl2N3O3/c1-4-27-18(25)16-13(3)22-19(26)23-17(16)14-9-12(2)10-15(11-14)24(7-5-20)8-6-21/h9-11,17H,4-8H2,1-3H3,(H2,22,23,26)/t17-/m1/s1. The van der Waals surface area contributed by atoms with Crippen molar-refractivity contribution in [3.05, 3.63) is 40.6 Å². The zero-order chi connectivity index (χ0) is 20.0. The summed E-state index contributed by atoms with van der Waals surface area (Å²) in [5.74, 6) is 0.489. The average molecular weight is 414 g/mol. The van der Waals surface area contributed by atoms with Gasteiger partial charge in [0.1, 0.15) is 0 Å². The molecular weight excluding hydrogens is 389 g/mol. The molecule has 0 spiro atoms. The Morgan fingerprint density at radius 3 is 2.44 bits per heavy atom. The highest BCUT2D eigenvalue weighted by atomic mass is 35.5. The maximum absolute atomic E-state index is 12.5. The van der Waals surface area contributed by atoms with Crippen LogP contribution in [0, 0.1) is 6.92 Å². The van der Waals surface area contributed by atoms with E-state index in [1.165, 1.54) is 0 Å². The van der Waals surface area contributed by atoms with E-state index in [0.717, 1.165) is 16.8 Å². The number of benzene rings is 1. The van der Waals surface area contributed by atoms with Crippen molar-refractivity contribution in [2.45, 2.75) is 26.8 Å². The van der Waals surface area contributed by atoms with Gasteiger partial charge in [0.05, 0.1) is 18.2 Å². The molecule has 6 nitrogen and oxygen atoms in total. The summed E-state index contributed by atoms with van der Waals surface area (Å²) in [5.41, 5.74) is 3.64. The van der Waals surface area contributed by atoms with Crippen LogP contribution < -0.4 is 15.5 Å². The minimum Gasteiger partial charge on any atom is -0.463 e. The molecule has 0 radical (unpaired) electrons. The van der Waals surface area contributed by atoms with Gasteiger partial charge in [-0.1, -0.05) is 6.07 Å². The van der Waals surface area contributed by atoms with E-state index in [1.54, 1.807) is 13.8 Å². The number of halogens is 2. The largest absolute Gasteiger partial charge is 0.463 e. The van der Waals surface area contributed by atoms with E-state index in [2.05, 4.69) is 15.5 Å². The van der Waals surface area contributed by atoms with Crippen molar-refractivity contribution in [3.63, 3.8) is 0 Å². The quantitative estimate of drug-likeness (QED) is 0.505. The molecule has 0 unspecified atom stereocenters. The highest BCUT2D eigenvalue weighted by Gasteiger charge is 2.32. The molecule has 0 aromatic heterocycles. The van der Waals surface area contributed by atoms with E-state index in [-0.39, 0.29) is 12.6 Å². The van der Waals surface area contributed by atoms with Crippen LogP contribution in [0.1, 0.15) is 31.0 Å². The van der Waals surface area contributed by atoms with Crippen LogP contribution in [-0.4, -0.2) is 43.5 Å². The molecule has 0 bridgehead atoms. The van der Waals surface area contributed by atoms with Crippen LogP contribution in [-0.2, 0) is 9.53 Å². The first-order valence-corrected chi connectivity index (χ1v) is 9.92. The first-order valence-electron chi connectivity index (χ1n) is 8.85. The number of allylic oxidation sites excluding steroid dienone is 1. The summed E-state index contributed by atoms with van der Waals surface area (Å²) >= 11 is 11.9. The number of anilines is 1. The summed E-state index contributed by atoms with van der Waals surface area (Å²) in [6.07, 6.45) is 0. The Bertz CT molecular complexity index is 731. The van der Waals surface area contributed by atoms with Gasteiger partial charge in [-0.05, 0) is 44.0 Å². The Hall–Kier alpha value is -1.92. The van der Waals surface area contributed by atoms with E-state index < -0.39 is 12.0 Å². The zero-order valence-corrected chi connectivity index (χ0v) is 17.3. The first kappa shape index (κ1) is 21.4. The molecule has 1 heterocycles. The number of rotatable bonds is 8. The Balaban J connectivity index is 2.49. The predicted octanol–water partition coefficient (Wildman–Crippen LogP) is 3.47. The number of amides is 2. The molecule has 2 N–H and O–H groups in total. The second-order valence-corrected chi connectivity index (χ2v) is 7.01. The highest BCUT2D eigenvalue weighted by Crippen LogP contribution is 2.31. The molecule has 1 aliphatic rings. The summed E-state index contributed by atoms with van der Waals surface area (Å²) in [7, 11) is 0. The summed E-state index contributed by atoms with van der Waals surface area (Å²) in [4.78, 5) is 26.6. The third kappa shape index (κ3) is 5.30. The number of hydrogen-bond donors (Lipinski definition) is 2. The molecule has 27 heavy (non-hydrogen) atoms. The van der Waals surface area contributed by atoms with Crippen LogP contribution in [0.25, 0.3) is 0 Å². The van der Waals surface area contributed by atoms with Gasteiger partial charge >= 0.3 is 12.0 Å². The fourth-order valence-corrected chi connectivity index (χ4v) is 3.55. The minimum atomic E-state index is -0.592. The van der Waals surface area contributed by atoms with Crippen molar-refractivity contribution < 1.29 is 14.3 Å². The summed E-state index contributed by atoms with van der Waals surface area (Å²) in [6.45, 7) is 6.97. The van der Waals surface area contributed by atoms with Crippen molar-refractivity contribution in [3.8, 4) is 0 Å². The molecule has 1 aromatic carbocycles. The van der Waals surface area contributed by atoms with Crippen LogP contribution in [0.5, 0.6) is 0 Å². The number of nitrogens with one attached hydrogen (secondary N) is 2. The van der Waals surface area contributed by atoms with Gasteiger partial charge in [-0.15, -0.1) is 23.2 Å². The number of carbonyl (C=O) groups excluding carboxylic acids is 2. The third-order valence-electron chi connectivity index (χ3n) is 4.26. The van der Waals surface area contributed by atoms with Crippen LogP contribution in [0.2, 0.25) is 0 Å². The van der Waals surface area contributed by atoms with Gasteiger partial charge in [-0.25, -0.2) is 9.59 Å². The molecule has 148 valence electrons. The van der Waals surface area contributed by atoms with E-state index in [1.807, 2.05) is 25.1 Å². The molecule has 0 aliphatic carbocycles. The smallest absolute Gasteiger partial charge is 0.338 e. The lowest BCUT2D eigenvalue weighted by Crippen LogP contribution is -2.45. The number of aryl methyl sites for hydroxylation is 1. The minimum absolute atomic E-state index is 0.259. The number of hydrogen-bond acceptors (Lipinski definition) is 4. The normalized spacial score (nSPS) is 16.6. The number of urea groups is 1. The molecule has 1 atom stereocenters. The van der Waals surface area contributed by atoms with Crippen molar-refractivity contribution in [1.82, 2.24) is 10.6 Å². The number of alkyl halides is 2. The molecule has 2 rings (SSSR count). The van der Waals surface area contributed by atoms with E-state index in [9.17, 15) is 9.59 Å². The van der Waals surface area contributed by atoms with Gasteiger partial charge < -0.3 is 20.3 Å². The van der Waals surface area contributed by atoms with Gasteiger partial charge in [-0.3, -0.25) is 0 Å². The lowest BCUT2D eigenvalue weighted by atomic mass is 9.93. The van der Waals surface area contributed by atoms with E-state index in [4.69, 9.17) is 27.9 Å². The molecular formula is C19H25Cl2N3O3. The van der Waals surface area contributed by atoms with Crippen LogP contribution >= 0.6 is 23.2 Å². The van der Waals surface area contributed by atoms with Gasteiger partial charge in [0, 0.05) is 36.2 Å². The molecule has 0 saturated heterocycles. The van der Waals surface area contributed by atoms with Gasteiger partial charge in [-0.2, -0.15) is 0 Å². The van der Waals surface area contributed by atoms with Crippen LogP contribution in [0.4, 0.5) is 10.5 Å². The van der Waals surface area contributed by atoms with Crippen molar-refractivity contribution in [2.75, 3.05) is 36.4 Å². The van der Waals surface area contributed by atoms with Gasteiger partial charge in [0.2, 0.25) is 0 Å². The lowest BCUT2D eigenvalue weighted by molar-refractivity contribution is -0.139. The number of ether oxygens (including phenoxy) is 1. The highest BCUT2D eigenvalue weighted by molar-refractivity contribution is 6.18. The maximum Gasteiger partial charge on any atom is 0.338 e. The fourth-order valence-electron chi connectivity index (χ4n) is 3.14. The molecule has 2 amide bonds. The SMILES string of the molecule is CCOC(=O)C1=C(C)NC(=O)N[C@@H]1c1cc(C)cc(N(CCCl)CCCl)c1. The topological polar surface area (TPSA) is 70.7 Å². The molecule has 1 aliphatic heterocycles. The Morgan fingerprint density at radius 1 is 1.19 bits per heavy atom. The first-order chi connectivity index (χ1) is 12.9.